The van der Waals surface area contributed by atoms with Crippen molar-refractivity contribution in [1.82, 2.24) is 14.1 Å². The molecular formula is C20H27N5O3S. The highest BCUT2D eigenvalue weighted by Gasteiger charge is 2.42. The number of carbonyl (C=O) groups excluding carboxylic acids is 1. The molecule has 1 aromatic heterocycles. The van der Waals surface area contributed by atoms with Gasteiger partial charge in [0.2, 0.25) is 10.0 Å². The van der Waals surface area contributed by atoms with E-state index in [2.05, 4.69) is 10.4 Å². The minimum Gasteiger partial charge on any atom is -0.385 e. The molecule has 2 aromatic rings. The van der Waals surface area contributed by atoms with Gasteiger partial charge in [-0.05, 0) is 44.7 Å². The Kier molecular flexibility index (Phi) is 4.51. The Morgan fingerprint density at radius 3 is 2.76 bits per heavy atom. The third-order valence-electron chi connectivity index (χ3n) is 6.01. The molecule has 0 radical (unpaired) electrons. The van der Waals surface area contributed by atoms with Crippen LogP contribution >= 0.6 is 0 Å². The zero-order valence-electron chi connectivity index (χ0n) is 17.2. The lowest BCUT2D eigenvalue weighted by Gasteiger charge is -2.39. The van der Waals surface area contributed by atoms with Gasteiger partial charge in [0.1, 0.15) is 5.82 Å². The molecule has 0 saturated carbocycles. The lowest BCUT2D eigenvalue weighted by molar-refractivity contribution is 0.0859. The number of para-hydroxylation sites is 1. The highest BCUT2D eigenvalue weighted by molar-refractivity contribution is 7.88. The fraction of sp³-hybridized carbons (Fsp3) is 0.500. The van der Waals surface area contributed by atoms with Gasteiger partial charge in [-0.25, -0.2) is 8.42 Å². The van der Waals surface area contributed by atoms with Crippen LogP contribution in [-0.4, -0.2) is 46.8 Å². The fourth-order valence-corrected chi connectivity index (χ4v) is 5.88. The Hall–Kier alpha value is -2.39. The van der Waals surface area contributed by atoms with Crippen molar-refractivity contribution in [2.45, 2.75) is 51.6 Å². The molecule has 0 bridgehead atoms. The Morgan fingerprint density at radius 2 is 2.07 bits per heavy atom. The van der Waals surface area contributed by atoms with E-state index in [1.807, 2.05) is 39.0 Å². The predicted molar refractivity (Wildman–Crippen MR) is 112 cm³/mol. The third-order valence-corrected chi connectivity index (χ3v) is 7.43. The summed E-state index contributed by atoms with van der Waals surface area (Å²) in [4.78, 5) is 13.4. The number of nitrogens with zero attached hydrogens (tertiary/aromatic N) is 3. The van der Waals surface area contributed by atoms with Gasteiger partial charge < -0.3 is 11.1 Å². The van der Waals surface area contributed by atoms with E-state index in [1.54, 1.807) is 0 Å². The monoisotopic (exact) mass is 417 g/mol. The van der Waals surface area contributed by atoms with E-state index in [1.165, 1.54) is 15.2 Å². The third kappa shape index (κ3) is 3.22. The van der Waals surface area contributed by atoms with Gasteiger partial charge in [-0.2, -0.15) is 14.1 Å². The van der Waals surface area contributed by atoms with Crippen molar-refractivity contribution >= 4 is 27.4 Å². The lowest BCUT2D eigenvalue weighted by Crippen LogP contribution is -2.50. The number of fused-ring (bicyclic) bond motifs is 2. The second kappa shape index (κ2) is 6.56. The first-order valence-corrected chi connectivity index (χ1v) is 11.6. The predicted octanol–water partition coefficient (Wildman–Crippen LogP) is 2.11. The van der Waals surface area contributed by atoms with Gasteiger partial charge in [0, 0.05) is 23.3 Å². The molecule has 29 heavy (non-hydrogen) atoms. The largest absolute Gasteiger partial charge is 0.385 e. The maximum Gasteiger partial charge on any atom is 0.256 e. The number of rotatable bonds is 2. The molecule has 2 aliphatic heterocycles. The van der Waals surface area contributed by atoms with E-state index >= 15 is 0 Å². The summed E-state index contributed by atoms with van der Waals surface area (Å²) in [6.07, 6.45) is 2.26. The molecule has 0 saturated heterocycles. The number of nitrogen functional groups attached to an aromatic ring is 1. The molecule has 3 N–H and O–H groups in total. The number of aromatic nitrogens is 2. The summed E-state index contributed by atoms with van der Waals surface area (Å²) in [5, 5.41) is 7.84. The van der Waals surface area contributed by atoms with Crippen LogP contribution in [0.4, 0.5) is 11.5 Å². The van der Waals surface area contributed by atoms with Crippen LogP contribution in [0.1, 0.15) is 53.4 Å². The van der Waals surface area contributed by atoms with Crippen LogP contribution in [0, 0.1) is 6.92 Å². The van der Waals surface area contributed by atoms with Crippen LogP contribution in [0.2, 0.25) is 0 Å². The lowest BCUT2D eigenvalue weighted by atomic mass is 9.88. The Morgan fingerprint density at radius 1 is 1.34 bits per heavy atom. The molecule has 0 fully saturated rings. The first-order valence-electron chi connectivity index (χ1n) is 9.72. The second-order valence-electron chi connectivity index (χ2n) is 8.63. The number of nitrogens with one attached hydrogen (secondary N) is 1. The first-order chi connectivity index (χ1) is 13.5. The van der Waals surface area contributed by atoms with E-state index < -0.39 is 15.6 Å². The maximum absolute atomic E-state index is 13.4. The molecule has 3 heterocycles. The molecule has 1 aromatic carbocycles. The molecule has 9 heteroatoms. The number of hydrogen-bond donors (Lipinski definition) is 2. The van der Waals surface area contributed by atoms with Gasteiger partial charge in [-0.15, -0.1) is 0 Å². The zero-order valence-corrected chi connectivity index (χ0v) is 18.0. The van der Waals surface area contributed by atoms with Gasteiger partial charge in [0.15, 0.2) is 0 Å². The topological polar surface area (TPSA) is 110 Å². The van der Waals surface area contributed by atoms with Crippen molar-refractivity contribution in [3.05, 3.63) is 40.6 Å². The molecule has 2 aliphatic rings. The number of benzene rings is 1. The Bertz CT molecular complexity index is 1100. The van der Waals surface area contributed by atoms with Gasteiger partial charge >= 0.3 is 0 Å². The summed E-state index contributed by atoms with van der Waals surface area (Å²) < 4.78 is 27.2. The summed E-state index contributed by atoms with van der Waals surface area (Å²) in [7, 11) is -3.42. The summed E-state index contributed by atoms with van der Waals surface area (Å²) in [6.45, 7) is 6.56. The molecule has 156 valence electrons. The number of hydrogen-bond acceptors (Lipinski definition) is 6. The van der Waals surface area contributed by atoms with Gasteiger partial charge in [-0.1, -0.05) is 18.2 Å². The van der Waals surface area contributed by atoms with Crippen LogP contribution in [-0.2, 0) is 23.0 Å². The normalized spacial score (nSPS) is 21.2. The van der Waals surface area contributed by atoms with Crippen LogP contribution in [0.25, 0.3) is 0 Å². The summed E-state index contributed by atoms with van der Waals surface area (Å²) in [6, 6.07) is 5.93. The van der Waals surface area contributed by atoms with Gasteiger partial charge in [0.25, 0.3) is 5.91 Å². The molecule has 8 nitrogen and oxygen atoms in total. The van der Waals surface area contributed by atoms with E-state index in [-0.39, 0.29) is 18.4 Å². The minimum absolute atomic E-state index is 0.119. The number of anilines is 2. The zero-order chi connectivity index (χ0) is 21.1. The van der Waals surface area contributed by atoms with Crippen molar-refractivity contribution in [1.29, 1.82) is 0 Å². The highest BCUT2D eigenvalue weighted by Crippen LogP contribution is 2.38. The number of carbonyl (C=O) groups is 1. The quantitative estimate of drug-likeness (QED) is 0.774. The summed E-state index contributed by atoms with van der Waals surface area (Å²) >= 11 is 0. The molecular weight excluding hydrogens is 390 g/mol. The van der Waals surface area contributed by atoms with Crippen LogP contribution < -0.4 is 11.1 Å². The number of nitrogens with two attached hydrogens (primary N) is 1. The second-order valence-corrected chi connectivity index (χ2v) is 10.5. The molecule has 0 spiro atoms. The smallest absolute Gasteiger partial charge is 0.256 e. The van der Waals surface area contributed by atoms with E-state index in [4.69, 9.17) is 5.73 Å². The maximum atomic E-state index is 13.4. The standard InChI is InChI=1S/C20H27N5O3S/c1-12-6-5-7-13-14(8-9-22-17(12)13)19(26)25-18(21)15-10-20(2,3)24(29(4,27)28)11-16(15)23-25/h5-7,14,22H,8-11,21H2,1-4H3. The van der Waals surface area contributed by atoms with Crippen molar-refractivity contribution in [3.63, 3.8) is 0 Å². The highest BCUT2D eigenvalue weighted by atomic mass is 32.2. The fourth-order valence-electron chi connectivity index (χ4n) is 4.56. The Balaban J connectivity index is 1.74. The first kappa shape index (κ1) is 19.9. The van der Waals surface area contributed by atoms with E-state index in [0.29, 0.717) is 30.9 Å². The van der Waals surface area contributed by atoms with Crippen LogP contribution in [0.3, 0.4) is 0 Å². The minimum atomic E-state index is -3.42. The van der Waals surface area contributed by atoms with E-state index in [0.717, 1.165) is 22.4 Å². The molecule has 0 aliphatic carbocycles. The van der Waals surface area contributed by atoms with Gasteiger partial charge in [-0.3, -0.25) is 4.79 Å². The van der Waals surface area contributed by atoms with Crippen molar-refractivity contribution in [3.8, 4) is 0 Å². The molecule has 1 atom stereocenters. The van der Waals surface area contributed by atoms with Crippen molar-refractivity contribution in [2.75, 3.05) is 23.9 Å². The van der Waals surface area contributed by atoms with Crippen LogP contribution in [0.15, 0.2) is 18.2 Å². The molecule has 1 unspecified atom stereocenters. The van der Waals surface area contributed by atoms with E-state index in [9.17, 15) is 13.2 Å². The molecule has 4 rings (SSSR count). The van der Waals surface area contributed by atoms with Crippen LogP contribution in [0.5, 0.6) is 0 Å². The Labute approximate surface area is 171 Å². The summed E-state index contributed by atoms with van der Waals surface area (Å²) in [5.74, 6) is -0.193. The molecule has 0 amide bonds. The van der Waals surface area contributed by atoms with Crippen molar-refractivity contribution in [2.24, 2.45) is 0 Å². The number of aryl methyl sites for hydroxylation is 1. The van der Waals surface area contributed by atoms with Gasteiger partial charge in [0.05, 0.1) is 24.4 Å². The average Bonchev–Trinajstić information content (AvgIpc) is 2.94. The SMILES string of the molecule is Cc1cccc2c1NCCC2C(=O)n1nc2c(c1N)CC(C)(C)N(S(C)(=O)=O)C2. The summed E-state index contributed by atoms with van der Waals surface area (Å²) in [5.41, 5.74) is 10.1. The number of sulfonamides is 1. The average molecular weight is 418 g/mol. The van der Waals surface area contributed by atoms with Crippen molar-refractivity contribution < 1.29 is 13.2 Å².